The molecule has 0 fully saturated rings. The van der Waals surface area contributed by atoms with Gasteiger partial charge in [-0.1, -0.05) is 12.1 Å². The fraction of sp³-hybridized carbons (Fsp3) is 0.273. The van der Waals surface area contributed by atoms with Crippen LogP contribution in [0.25, 0.3) is 0 Å². The highest BCUT2D eigenvalue weighted by atomic mass is 32.2. The lowest BCUT2D eigenvalue weighted by atomic mass is 10.0. The quantitative estimate of drug-likeness (QED) is 0.489. The number of carbonyl (C=O) groups excluding carboxylic acids is 1. The summed E-state index contributed by atoms with van der Waals surface area (Å²) in [6, 6.07) is 4.04. The molecule has 1 N–H and O–H groups in total. The van der Waals surface area contributed by atoms with Crippen LogP contribution >= 0.6 is 0 Å². The molecule has 1 unspecified atom stereocenters. The fourth-order valence-corrected chi connectivity index (χ4v) is 2.85. The van der Waals surface area contributed by atoms with E-state index in [0.29, 0.717) is 23.1 Å². The molecule has 20 heavy (non-hydrogen) atoms. The third-order valence-electron chi connectivity index (χ3n) is 2.73. The Bertz CT molecular complexity index is 706. The number of benzene rings is 1. The molecule has 1 aromatic carbocycles. The third kappa shape index (κ3) is 3.42. The minimum Gasteiger partial charge on any atom is -0.359 e. The Labute approximate surface area is 118 Å². The van der Waals surface area contributed by atoms with E-state index in [1.165, 1.54) is 0 Å². The van der Waals surface area contributed by atoms with Crippen LogP contribution in [0.3, 0.4) is 0 Å². The number of rotatable bonds is 5. The van der Waals surface area contributed by atoms with Crippen LogP contribution < -0.4 is 5.32 Å². The normalized spacial score (nSPS) is 17.5. The molecule has 1 aliphatic heterocycles. The molecule has 108 valence electrons. The number of thiol groups is 2. The Kier molecular flexibility index (Phi) is 4.50. The molecule has 0 saturated heterocycles. The first-order valence-electron chi connectivity index (χ1n) is 5.65. The highest BCUT2D eigenvalue weighted by Gasteiger charge is 2.22. The van der Waals surface area contributed by atoms with Gasteiger partial charge >= 0.3 is 0 Å². The van der Waals surface area contributed by atoms with Crippen molar-refractivity contribution >= 4 is 39.2 Å². The number of aliphatic imine (C=N–C) groups is 1. The van der Waals surface area contributed by atoms with Crippen LogP contribution in [0.1, 0.15) is 17.2 Å². The lowest BCUT2D eigenvalue weighted by Gasteiger charge is -2.22. The number of nitrogens with one attached hydrogen (secondary N) is 1. The summed E-state index contributed by atoms with van der Waals surface area (Å²) in [7, 11) is -5.20. The van der Waals surface area contributed by atoms with E-state index in [4.69, 9.17) is 0 Å². The van der Waals surface area contributed by atoms with E-state index in [2.05, 4.69) is 10.3 Å². The maximum absolute atomic E-state index is 11.1. The summed E-state index contributed by atoms with van der Waals surface area (Å²) >= 11 is 0. The second-order valence-corrected chi connectivity index (χ2v) is 6.15. The molecule has 0 saturated carbocycles. The molecular formula is C11H12N2O5S2. The van der Waals surface area contributed by atoms with Crippen molar-refractivity contribution in [3.05, 3.63) is 29.3 Å². The van der Waals surface area contributed by atoms with Crippen LogP contribution in [0.15, 0.2) is 23.2 Å². The maximum Gasteiger partial charge on any atom is 0.147 e. The van der Waals surface area contributed by atoms with Gasteiger partial charge in [0.25, 0.3) is 0 Å². The van der Waals surface area contributed by atoms with Crippen LogP contribution in [0.4, 0.5) is 5.69 Å². The topological polar surface area (TPSA) is 110 Å². The minimum atomic E-state index is -2.64. The molecule has 0 bridgehead atoms. The van der Waals surface area contributed by atoms with Crippen molar-refractivity contribution in [3.63, 3.8) is 0 Å². The summed E-state index contributed by atoms with van der Waals surface area (Å²) in [6.07, 6.45) is 0.631. The van der Waals surface area contributed by atoms with Gasteiger partial charge in [0.05, 0.1) is 11.4 Å². The molecular weight excluding hydrogens is 304 g/mol. The first kappa shape index (κ1) is 14.7. The van der Waals surface area contributed by atoms with Gasteiger partial charge in [0.15, 0.2) is 0 Å². The number of hydrogen-bond donors (Lipinski definition) is 3. The predicted molar refractivity (Wildman–Crippen MR) is 74.7 cm³/mol. The first-order valence-corrected chi connectivity index (χ1v) is 8.38. The molecule has 1 aromatic rings. The predicted octanol–water partition coefficient (Wildman–Crippen LogP) is -0.717. The number of aldehydes is 1. The average Bonchev–Trinajstić information content (AvgIpc) is 2.36. The molecule has 0 spiro atoms. The van der Waals surface area contributed by atoms with E-state index in [1.807, 2.05) is 0 Å². The highest BCUT2D eigenvalue weighted by Crippen LogP contribution is 2.29. The van der Waals surface area contributed by atoms with Crippen molar-refractivity contribution < 1.29 is 21.6 Å². The number of carbonyl (C=O) groups is 1. The third-order valence-corrected chi connectivity index (χ3v) is 3.91. The smallest absolute Gasteiger partial charge is 0.147 e. The zero-order valence-corrected chi connectivity index (χ0v) is 12.0. The van der Waals surface area contributed by atoms with Gasteiger partial charge in [-0.2, -0.15) is 0 Å². The van der Waals surface area contributed by atoms with Crippen molar-refractivity contribution in [1.29, 1.82) is 0 Å². The zero-order chi connectivity index (χ0) is 14.7. The van der Waals surface area contributed by atoms with E-state index >= 15 is 0 Å². The largest absolute Gasteiger partial charge is 0.359 e. The lowest BCUT2D eigenvalue weighted by Crippen LogP contribution is -2.34. The molecule has 1 heterocycles. The molecule has 0 amide bonds. The maximum atomic E-state index is 11.1. The molecule has 0 radical (unpaired) electrons. The molecule has 7 nitrogen and oxygen atoms in total. The van der Waals surface area contributed by atoms with Gasteiger partial charge in [-0.05, 0) is 11.6 Å². The van der Waals surface area contributed by atoms with Crippen LogP contribution in [-0.4, -0.2) is 34.7 Å². The summed E-state index contributed by atoms with van der Waals surface area (Å²) in [5, 5.41) is 2.72. The van der Waals surface area contributed by atoms with Gasteiger partial charge in [-0.3, -0.25) is 0 Å². The first-order chi connectivity index (χ1) is 9.49. The molecule has 1 atom stereocenters. The Balaban J connectivity index is 2.42. The van der Waals surface area contributed by atoms with Crippen LogP contribution in [-0.2, 0) is 32.0 Å². The molecule has 0 aromatic heterocycles. The summed E-state index contributed by atoms with van der Waals surface area (Å²) in [5.41, 5.74) is 1.57. The summed E-state index contributed by atoms with van der Waals surface area (Å²) < 4.78 is 42.9. The van der Waals surface area contributed by atoms with Crippen molar-refractivity contribution in [2.24, 2.45) is 4.99 Å². The van der Waals surface area contributed by atoms with Gasteiger partial charge in [0.1, 0.15) is 45.3 Å². The van der Waals surface area contributed by atoms with Crippen molar-refractivity contribution in [3.8, 4) is 0 Å². The number of amidine groups is 1. The van der Waals surface area contributed by atoms with Crippen LogP contribution in [0.2, 0.25) is 0 Å². The van der Waals surface area contributed by atoms with E-state index < -0.39 is 27.5 Å². The molecule has 2 rings (SSSR count). The highest BCUT2D eigenvalue weighted by molar-refractivity contribution is 7.73. The van der Waals surface area contributed by atoms with E-state index in [9.17, 15) is 21.6 Å². The van der Waals surface area contributed by atoms with Crippen molar-refractivity contribution in [2.45, 2.75) is 11.8 Å². The van der Waals surface area contributed by atoms with Gasteiger partial charge in [-0.25, -0.2) is 21.8 Å². The van der Waals surface area contributed by atoms with E-state index in [1.54, 1.807) is 18.2 Å². The van der Waals surface area contributed by atoms with Crippen molar-refractivity contribution in [1.82, 2.24) is 5.32 Å². The Morgan fingerprint density at radius 2 is 1.85 bits per heavy atom. The minimum absolute atomic E-state index is 0.114. The van der Waals surface area contributed by atoms with Crippen LogP contribution in [0, 0.1) is 0 Å². The summed E-state index contributed by atoms with van der Waals surface area (Å²) in [5.74, 6) is -0.182. The fourth-order valence-electron chi connectivity index (χ4n) is 1.95. The Morgan fingerprint density at radius 1 is 1.15 bits per heavy atom. The Hall–Kier alpha value is -1.74. The van der Waals surface area contributed by atoms with Gasteiger partial charge in [-0.15, -0.1) is 0 Å². The van der Waals surface area contributed by atoms with E-state index in [0.717, 1.165) is 0 Å². The van der Waals surface area contributed by atoms with E-state index in [-0.39, 0.29) is 17.3 Å². The standard InChI is InChI=1S/C11H12N2O5S2/c14-4-10-8-3-7(5-19(15)16)1-2-9(8)12-11(13-10)6-20(17)18/h1-4,10,19-20H,5-6H2,(H,12,13). The second kappa shape index (κ2) is 6.14. The SMILES string of the molecule is O=CC1NC(C[SH](=O)=O)=Nc2ccc(C[SH](=O)=O)cc21. The van der Waals surface area contributed by atoms with Gasteiger partial charge in [0, 0.05) is 5.56 Å². The Morgan fingerprint density at radius 3 is 2.45 bits per heavy atom. The number of nitrogens with zero attached hydrogens (tertiary/aromatic N) is 1. The number of hydrogen-bond acceptors (Lipinski definition) is 7. The molecule has 1 aliphatic rings. The summed E-state index contributed by atoms with van der Waals surface area (Å²) in [4.78, 5) is 15.2. The lowest BCUT2D eigenvalue weighted by molar-refractivity contribution is -0.109. The second-order valence-electron chi connectivity index (χ2n) is 4.19. The summed E-state index contributed by atoms with van der Waals surface area (Å²) in [6.45, 7) is 0. The van der Waals surface area contributed by atoms with Crippen molar-refractivity contribution in [2.75, 3.05) is 5.75 Å². The molecule has 9 heteroatoms. The monoisotopic (exact) mass is 316 g/mol. The zero-order valence-electron chi connectivity index (χ0n) is 10.2. The number of fused-ring (bicyclic) bond motifs is 1. The average molecular weight is 316 g/mol. The van der Waals surface area contributed by atoms with Gasteiger partial charge in [0.2, 0.25) is 0 Å². The molecule has 0 aliphatic carbocycles. The van der Waals surface area contributed by atoms with Gasteiger partial charge < -0.3 is 10.1 Å². The van der Waals surface area contributed by atoms with Crippen LogP contribution in [0.5, 0.6) is 0 Å².